The normalized spacial score (nSPS) is 10.3. The number of carbonyl (C=O) groups excluding carboxylic acids is 2. The lowest BCUT2D eigenvalue weighted by atomic mass is 10.1. The molecule has 3 aromatic carbocycles. The number of para-hydroxylation sites is 1. The highest BCUT2D eigenvalue weighted by Gasteiger charge is 2.12. The van der Waals surface area contributed by atoms with Gasteiger partial charge >= 0.3 is 5.97 Å². The second-order valence-electron chi connectivity index (χ2n) is 6.10. The van der Waals surface area contributed by atoms with Gasteiger partial charge in [0.25, 0.3) is 0 Å². The van der Waals surface area contributed by atoms with Gasteiger partial charge in [0.05, 0.1) is 0 Å². The summed E-state index contributed by atoms with van der Waals surface area (Å²) in [5.74, 6) is -0.239. The van der Waals surface area contributed by atoms with Crippen molar-refractivity contribution in [3.63, 3.8) is 0 Å². The van der Waals surface area contributed by atoms with Crippen LogP contribution in [0, 0.1) is 6.92 Å². The number of rotatable bonds is 7. The monoisotopic (exact) mass is 360 g/mol. The molecule has 4 heteroatoms. The Morgan fingerprint density at radius 3 is 2.19 bits per heavy atom. The number of ketones is 1. The van der Waals surface area contributed by atoms with Gasteiger partial charge in [0.1, 0.15) is 5.75 Å². The summed E-state index contributed by atoms with van der Waals surface area (Å²) in [4.78, 5) is 24.0. The maximum absolute atomic E-state index is 12.1. The van der Waals surface area contributed by atoms with E-state index < -0.39 is 5.97 Å². The first-order valence-electron chi connectivity index (χ1n) is 8.66. The van der Waals surface area contributed by atoms with Crippen LogP contribution in [-0.2, 0) is 9.53 Å². The summed E-state index contributed by atoms with van der Waals surface area (Å²) >= 11 is 0. The molecule has 0 amide bonds. The number of hydrogen-bond acceptors (Lipinski definition) is 4. The zero-order valence-corrected chi connectivity index (χ0v) is 15.1. The van der Waals surface area contributed by atoms with Crippen LogP contribution in [0.2, 0.25) is 0 Å². The zero-order chi connectivity index (χ0) is 19.1. The smallest absolute Gasteiger partial charge is 0.344 e. The van der Waals surface area contributed by atoms with E-state index in [2.05, 4.69) is 0 Å². The largest absolute Gasteiger partial charge is 0.481 e. The first-order chi connectivity index (χ1) is 13.1. The van der Waals surface area contributed by atoms with Gasteiger partial charge in [-0.25, -0.2) is 4.79 Å². The number of Topliss-reactive ketones (excluding diaryl/α,β-unsaturated/α-hetero) is 1. The standard InChI is InChI=1S/C23H20O4/c1-17-11-13-19(14-12-17)21(24)15-27-23(25)16-26-22-10-6-5-9-20(22)18-7-3-2-4-8-18/h2-14H,15-16H2,1H3. The Morgan fingerprint density at radius 2 is 1.44 bits per heavy atom. The maximum Gasteiger partial charge on any atom is 0.344 e. The van der Waals surface area contributed by atoms with Gasteiger partial charge in [-0.1, -0.05) is 78.4 Å². The van der Waals surface area contributed by atoms with Gasteiger partial charge in [-0.15, -0.1) is 0 Å². The van der Waals surface area contributed by atoms with E-state index in [-0.39, 0.29) is 19.0 Å². The van der Waals surface area contributed by atoms with Gasteiger partial charge in [0.15, 0.2) is 19.0 Å². The Morgan fingerprint density at radius 1 is 0.778 bits per heavy atom. The predicted octanol–water partition coefficient (Wildman–Crippen LogP) is 4.47. The second kappa shape index (κ2) is 8.81. The van der Waals surface area contributed by atoms with Crippen LogP contribution in [0.4, 0.5) is 0 Å². The molecule has 0 saturated carbocycles. The van der Waals surface area contributed by atoms with Gasteiger partial charge in [-0.3, -0.25) is 4.79 Å². The quantitative estimate of drug-likeness (QED) is 0.461. The molecule has 0 aliphatic carbocycles. The number of hydrogen-bond donors (Lipinski definition) is 0. The van der Waals surface area contributed by atoms with Crippen molar-refractivity contribution in [2.24, 2.45) is 0 Å². The maximum atomic E-state index is 12.1. The van der Waals surface area contributed by atoms with Crippen LogP contribution in [0.5, 0.6) is 5.75 Å². The third kappa shape index (κ3) is 5.05. The molecular formula is C23H20O4. The summed E-state index contributed by atoms with van der Waals surface area (Å²) in [6, 6.07) is 24.4. The van der Waals surface area contributed by atoms with E-state index in [1.165, 1.54) is 0 Å². The van der Waals surface area contributed by atoms with Crippen molar-refractivity contribution in [2.45, 2.75) is 6.92 Å². The molecule has 0 heterocycles. The van der Waals surface area contributed by atoms with E-state index in [1.807, 2.05) is 67.6 Å². The molecule has 0 radical (unpaired) electrons. The Kier molecular flexibility index (Phi) is 6.00. The molecular weight excluding hydrogens is 340 g/mol. The van der Waals surface area contributed by atoms with Crippen LogP contribution in [0.15, 0.2) is 78.9 Å². The molecule has 0 aliphatic rings. The van der Waals surface area contributed by atoms with E-state index in [0.717, 1.165) is 16.7 Å². The molecule has 0 saturated heterocycles. The topological polar surface area (TPSA) is 52.6 Å². The van der Waals surface area contributed by atoms with Crippen molar-refractivity contribution in [1.82, 2.24) is 0 Å². The average Bonchev–Trinajstić information content (AvgIpc) is 2.72. The lowest BCUT2D eigenvalue weighted by molar-refractivity contribution is -0.144. The molecule has 27 heavy (non-hydrogen) atoms. The molecule has 0 unspecified atom stereocenters. The molecule has 4 nitrogen and oxygen atoms in total. The Hall–Kier alpha value is -3.40. The summed E-state index contributed by atoms with van der Waals surface area (Å²) < 4.78 is 10.7. The fourth-order valence-corrected chi connectivity index (χ4v) is 2.60. The summed E-state index contributed by atoms with van der Waals surface area (Å²) in [7, 11) is 0. The van der Waals surface area contributed by atoms with Crippen LogP contribution >= 0.6 is 0 Å². The van der Waals surface area contributed by atoms with Gasteiger partial charge < -0.3 is 9.47 Å². The Bertz CT molecular complexity index is 915. The summed E-state index contributed by atoms with van der Waals surface area (Å²) in [6.07, 6.45) is 0. The lowest BCUT2D eigenvalue weighted by Gasteiger charge is -2.11. The van der Waals surface area contributed by atoms with E-state index >= 15 is 0 Å². The molecule has 0 aromatic heterocycles. The first kappa shape index (κ1) is 18.4. The minimum absolute atomic E-state index is 0.243. The summed E-state index contributed by atoms with van der Waals surface area (Å²) in [6.45, 7) is 1.38. The number of aryl methyl sites for hydroxylation is 1. The molecule has 0 N–H and O–H groups in total. The highest BCUT2D eigenvalue weighted by molar-refractivity contribution is 5.98. The summed E-state index contributed by atoms with van der Waals surface area (Å²) in [5.41, 5.74) is 3.47. The molecule has 3 aromatic rings. The molecule has 0 fully saturated rings. The first-order valence-corrected chi connectivity index (χ1v) is 8.66. The van der Waals surface area contributed by atoms with Crippen molar-refractivity contribution < 1.29 is 19.1 Å². The highest BCUT2D eigenvalue weighted by atomic mass is 16.6. The molecule has 0 spiro atoms. The number of benzene rings is 3. The van der Waals surface area contributed by atoms with Crippen molar-refractivity contribution in [2.75, 3.05) is 13.2 Å². The second-order valence-corrected chi connectivity index (χ2v) is 6.10. The molecule has 0 aliphatic heterocycles. The zero-order valence-electron chi connectivity index (χ0n) is 15.1. The minimum atomic E-state index is -0.585. The number of esters is 1. The molecule has 3 rings (SSSR count). The SMILES string of the molecule is Cc1ccc(C(=O)COC(=O)COc2ccccc2-c2ccccc2)cc1. The van der Waals surface area contributed by atoms with Crippen LogP contribution < -0.4 is 4.74 Å². The average molecular weight is 360 g/mol. The third-order valence-electron chi connectivity index (χ3n) is 4.06. The van der Waals surface area contributed by atoms with E-state index in [1.54, 1.807) is 18.2 Å². The lowest BCUT2D eigenvalue weighted by Crippen LogP contribution is -2.19. The van der Waals surface area contributed by atoms with Crippen molar-refractivity contribution in [3.8, 4) is 16.9 Å². The summed E-state index contributed by atoms with van der Waals surface area (Å²) in [5, 5.41) is 0. The van der Waals surface area contributed by atoms with E-state index in [0.29, 0.717) is 11.3 Å². The Balaban J connectivity index is 1.55. The molecule has 136 valence electrons. The highest BCUT2D eigenvalue weighted by Crippen LogP contribution is 2.29. The van der Waals surface area contributed by atoms with Crippen LogP contribution in [0.1, 0.15) is 15.9 Å². The van der Waals surface area contributed by atoms with Crippen LogP contribution in [0.25, 0.3) is 11.1 Å². The van der Waals surface area contributed by atoms with Crippen molar-refractivity contribution >= 4 is 11.8 Å². The Labute approximate surface area is 158 Å². The van der Waals surface area contributed by atoms with Crippen molar-refractivity contribution in [1.29, 1.82) is 0 Å². The van der Waals surface area contributed by atoms with Gasteiger partial charge in [0.2, 0.25) is 0 Å². The van der Waals surface area contributed by atoms with E-state index in [9.17, 15) is 9.59 Å². The predicted molar refractivity (Wildman–Crippen MR) is 104 cm³/mol. The van der Waals surface area contributed by atoms with Crippen LogP contribution in [-0.4, -0.2) is 25.0 Å². The van der Waals surface area contributed by atoms with Gasteiger partial charge in [-0.2, -0.15) is 0 Å². The number of carbonyl (C=O) groups is 2. The molecule has 0 bridgehead atoms. The number of ether oxygens (including phenoxy) is 2. The fraction of sp³-hybridized carbons (Fsp3) is 0.130. The third-order valence-corrected chi connectivity index (χ3v) is 4.06. The van der Waals surface area contributed by atoms with E-state index in [4.69, 9.17) is 9.47 Å². The van der Waals surface area contributed by atoms with Crippen LogP contribution in [0.3, 0.4) is 0 Å². The van der Waals surface area contributed by atoms with Gasteiger partial charge in [0, 0.05) is 11.1 Å². The fourth-order valence-electron chi connectivity index (χ4n) is 2.60. The van der Waals surface area contributed by atoms with Crippen molar-refractivity contribution in [3.05, 3.63) is 90.0 Å². The minimum Gasteiger partial charge on any atom is -0.481 e. The molecule has 0 atom stereocenters. The van der Waals surface area contributed by atoms with Gasteiger partial charge in [-0.05, 0) is 18.6 Å².